The molecule has 0 aliphatic carbocycles. The molecule has 2 nitrogen and oxygen atoms in total. The average Bonchev–Trinajstić information content (AvgIpc) is 2.76. The molecule has 0 saturated carbocycles. The first-order valence-corrected chi connectivity index (χ1v) is 7.60. The molecule has 0 spiro atoms. The maximum Gasteiger partial charge on any atom is 0.251 e. The third-order valence-corrected chi connectivity index (χ3v) is 3.59. The number of halogens is 4. The molecule has 1 aromatic carbocycles. The second-order valence-electron chi connectivity index (χ2n) is 4.47. The summed E-state index contributed by atoms with van der Waals surface area (Å²) in [5, 5.41) is 1.29. The molecule has 106 valence electrons. The van der Waals surface area contributed by atoms with Crippen LogP contribution in [-0.2, 0) is 13.0 Å². The number of hydrogen-bond acceptors (Lipinski definition) is 2. The summed E-state index contributed by atoms with van der Waals surface area (Å²) in [6.45, 7) is 1.38. The van der Waals surface area contributed by atoms with Crippen molar-refractivity contribution in [3.05, 3.63) is 28.3 Å². The summed E-state index contributed by atoms with van der Waals surface area (Å²) >= 11 is 9.35. The standard InChI is InChI=1S/C13H15BrClF2NO/c14-2-3-18(8-12(16)17)7-10-6-11(15)5-9-1-4-19-13(9)10/h5-6,12H,1-4,7-8H2. The molecular weight excluding hydrogens is 340 g/mol. The van der Waals surface area contributed by atoms with Gasteiger partial charge in [-0.2, -0.15) is 0 Å². The summed E-state index contributed by atoms with van der Waals surface area (Å²) in [4.78, 5) is 1.70. The van der Waals surface area contributed by atoms with Crippen LogP contribution in [0.15, 0.2) is 12.1 Å². The van der Waals surface area contributed by atoms with Gasteiger partial charge in [-0.25, -0.2) is 8.78 Å². The van der Waals surface area contributed by atoms with Crippen LogP contribution >= 0.6 is 27.5 Å². The van der Waals surface area contributed by atoms with Crippen LogP contribution < -0.4 is 4.74 Å². The van der Waals surface area contributed by atoms with Crippen molar-refractivity contribution < 1.29 is 13.5 Å². The monoisotopic (exact) mass is 353 g/mol. The third-order valence-electron chi connectivity index (χ3n) is 3.02. The Hall–Kier alpha value is -0.390. The van der Waals surface area contributed by atoms with Crippen LogP contribution in [-0.4, -0.2) is 36.4 Å². The van der Waals surface area contributed by atoms with Crippen molar-refractivity contribution in [3.8, 4) is 5.75 Å². The van der Waals surface area contributed by atoms with Gasteiger partial charge in [-0.3, -0.25) is 4.90 Å². The highest BCUT2D eigenvalue weighted by Gasteiger charge is 2.20. The Kier molecular flexibility index (Phi) is 5.42. The highest BCUT2D eigenvalue weighted by molar-refractivity contribution is 9.09. The smallest absolute Gasteiger partial charge is 0.251 e. The van der Waals surface area contributed by atoms with Crippen molar-refractivity contribution in [2.45, 2.75) is 19.4 Å². The molecule has 19 heavy (non-hydrogen) atoms. The van der Waals surface area contributed by atoms with E-state index >= 15 is 0 Å². The minimum absolute atomic E-state index is 0.243. The Labute approximate surface area is 124 Å². The predicted octanol–water partition coefficient (Wildman–Crippen LogP) is 3.74. The fraction of sp³-hybridized carbons (Fsp3) is 0.538. The van der Waals surface area contributed by atoms with E-state index in [0.29, 0.717) is 30.0 Å². The van der Waals surface area contributed by atoms with Crippen LogP contribution in [0.1, 0.15) is 11.1 Å². The number of ether oxygens (including phenoxy) is 1. The van der Waals surface area contributed by atoms with Crippen LogP contribution in [0.4, 0.5) is 8.78 Å². The first-order chi connectivity index (χ1) is 9.10. The minimum Gasteiger partial charge on any atom is -0.493 e. The first kappa shape index (κ1) is 15.0. The summed E-state index contributed by atoms with van der Waals surface area (Å²) in [6, 6.07) is 3.69. The maximum absolute atomic E-state index is 12.6. The van der Waals surface area contributed by atoms with E-state index in [4.69, 9.17) is 16.3 Å². The molecule has 0 saturated heterocycles. The van der Waals surface area contributed by atoms with E-state index in [9.17, 15) is 8.78 Å². The fourth-order valence-corrected chi connectivity index (χ4v) is 3.02. The van der Waals surface area contributed by atoms with Crippen LogP contribution in [0, 0.1) is 0 Å². The summed E-state index contributed by atoms with van der Waals surface area (Å²) in [7, 11) is 0. The van der Waals surface area contributed by atoms with E-state index in [1.807, 2.05) is 6.07 Å². The van der Waals surface area contributed by atoms with Gasteiger partial charge in [-0.05, 0) is 17.7 Å². The molecule has 1 aliphatic rings. The molecule has 0 aromatic heterocycles. The molecule has 0 atom stereocenters. The molecule has 1 heterocycles. The summed E-state index contributed by atoms with van der Waals surface area (Å²) in [6.07, 6.45) is -1.51. The molecule has 1 aliphatic heterocycles. The van der Waals surface area contributed by atoms with Gasteiger partial charge in [0, 0.05) is 35.4 Å². The molecule has 0 bridgehead atoms. The van der Waals surface area contributed by atoms with Crippen LogP contribution in [0.25, 0.3) is 0 Å². The van der Waals surface area contributed by atoms with Crippen molar-refractivity contribution in [2.24, 2.45) is 0 Å². The summed E-state index contributed by atoms with van der Waals surface area (Å²) in [5.74, 6) is 0.818. The molecule has 6 heteroatoms. The Morgan fingerprint density at radius 2 is 2.21 bits per heavy atom. The van der Waals surface area contributed by atoms with E-state index in [2.05, 4.69) is 15.9 Å². The normalized spacial score (nSPS) is 14.0. The molecule has 0 N–H and O–H groups in total. The lowest BCUT2D eigenvalue weighted by atomic mass is 10.1. The van der Waals surface area contributed by atoms with E-state index in [-0.39, 0.29) is 6.54 Å². The number of rotatable bonds is 6. The minimum atomic E-state index is -2.34. The third kappa shape index (κ3) is 4.04. The van der Waals surface area contributed by atoms with Crippen LogP contribution in [0.5, 0.6) is 5.75 Å². The first-order valence-electron chi connectivity index (χ1n) is 6.10. The van der Waals surface area contributed by atoms with Gasteiger partial charge in [-0.15, -0.1) is 0 Å². The lowest BCUT2D eigenvalue weighted by Gasteiger charge is -2.22. The van der Waals surface area contributed by atoms with Gasteiger partial charge in [-0.1, -0.05) is 27.5 Å². The molecule has 0 radical (unpaired) electrons. The number of fused-ring (bicyclic) bond motifs is 1. The topological polar surface area (TPSA) is 12.5 Å². The summed E-state index contributed by atoms with van der Waals surface area (Å²) in [5.41, 5.74) is 1.96. The number of nitrogens with zero attached hydrogens (tertiary/aromatic N) is 1. The van der Waals surface area contributed by atoms with Gasteiger partial charge in [0.25, 0.3) is 6.43 Å². The molecule has 0 fully saturated rings. The lowest BCUT2D eigenvalue weighted by molar-refractivity contribution is 0.0877. The zero-order valence-corrected chi connectivity index (χ0v) is 12.7. The zero-order chi connectivity index (χ0) is 13.8. The lowest BCUT2D eigenvalue weighted by Crippen LogP contribution is -2.30. The molecular formula is C13H15BrClF2NO. The molecule has 1 aromatic rings. The van der Waals surface area contributed by atoms with Gasteiger partial charge in [0.1, 0.15) is 5.75 Å². The second kappa shape index (κ2) is 6.86. The Morgan fingerprint density at radius 1 is 1.42 bits per heavy atom. The van der Waals surface area contributed by atoms with Crippen molar-refractivity contribution in [3.63, 3.8) is 0 Å². The Morgan fingerprint density at radius 3 is 2.89 bits per heavy atom. The van der Waals surface area contributed by atoms with Crippen molar-refractivity contribution in [1.82, 2.24) is 4.90 Å². The number of alkyl halides is 3. The van der Waals surface area contributed by atoms with E-state index < -0.39 is 6.43 Å². The van der Waals surface area contributed by atoms with E-state index in [1.54, 1.807) is 11.0 Å². The van der Waals surface area contributed by atoms with Gasteiger partial charge < -0.3 is 4.74 Å². The van der Waals surface area contributed by atoms with Crippen molar-refractivity contribution in [2.75, 3.05) is 25.0 Å². The molecule has 0 amide bonds. The second-order valence-corrected chi connectivity index (χ2v) is 5.70. The van der Waals surface area contributed by atoms with Crippen LogP contribution in [0.3, 0.4) is 0 Å². The predicted molar refractivity (Wildman–Crippen MR) is 75.7 cm³/mol. The van der Waals surface area contributed by atoms with E-state index in [1.165, 1.54) is 0 Å². The molecule has 0 unspecified atom stereocenters. The van der Waals surface area contributed by atoms with Gasteiger partial charge >= 0.3 is 0 Å². The average molecular weight is 355 g/mol. The van der Waals surface area contributed by atoms with Gasteiger partial charge in [0.15, 0.2) is 0 Å². The maximum atomic E-state index is 12.6. The Balaban J connectivity index is 2.16. The summed E-state index contributed by atoms with van der Waals surface area (Å²) < 4.78 is 30.7. The van der Waals surface area contributed by atoms with Gasteiger partial charge in [0.05, 0.1) is 13.2 Å². The largest absolute Gasteiger partial charge is 0.493 e. The fourth-order valence-electron chi connectivity index (χ4n) is 2.25. The van der Waals surface area contributed by atoms with Gasteiger partial charge in [0.2, 0.25) is 0 Å². The Bertz CT molecular complexity index is 445. The zero-order valence-electron chi connectivity index (χ0n) is 10.3. The highest BCUT2D eigenvalue weighted by Crippen LogP contribution is 2.33. The molecule has 2 rings (SSSR count). The van der Waals surface area contributed by atoms with E-state index in [0.717, 1.165) is 23.3 Å². The highest BCUT2D eigenvalue weighted by atomic mass is 79.9. The van der Waals surface area contributed by atoms with Crippen molar-refractivity contribution >= 4 is 27.5 Å². The van der Waals surface area contributed by atoms with Crippen molar-refractivity contribution in [1.29, 1.82) is 0 Å². The number of hydrogen-bond donors (Lipinski definition) is 0. The quantitative estimate of drug-likeness (QED) is 0.722. The number of benzene rings is 1. The van der Waals surface area contributed by atoms with Crippen LogP contribution in [0.2, 0.25) is 5.02 Å². The SMILES string of the molecule is FC(F)CN(CCBr)Cc1cc(Cl)cc2c1OCC2.